The predicted octanol–water partition coefficient (Wildman–Crippen LogP) is 1.40. The van der Waals surface area contributed by atoms with Gasteiger partial charge in [-0.15, -0.1) is 0 Å². The lowest BCUT2D eigenvalue weighted by molar-refractivity contribution is -0.136. The van der Waals surface area contributed by atoms with Gasteiger partial charge in [0.2, 0.25) is 0 Å². The van der Waals surface area contributed by atoms with Crippen LogP contribution in [0.2, 0.25) is 0 Å². The molecule has 0 fully saturated rings. The van der Waals surface area contributed by atoms with Crippen LogP contribution in [0, 0.1) is 0 Å². The number of hydrogen-bond donors (Lipinski definition) is 2. The second kappa shape index (κ2) is 3.91. The number of hydrogen-bond acceptors (Lipinski definition) is 2. The molecule has 0 aliphatic heterocycles. The molecule has 1 unspecified atom stereocenters. The highest BCUT2D eigenvalue weighted by molar-refractivity contribution is 9.09. The first kappa shape index (κ1) is 10.2. The number of halogens is 1. The maximum atomic E-state index is 10.7. The van der Waals surface area contributed by atoms with E-state index in [1.807, 2.05) is 0 Å². The zero-order chi connectivity index (χ0) is 10.0. The number of carboxylic acid groups (broad SMARTS) is 2. The Labute approximate surface area is 83.4 Å². The standard InChI is InChI=1S/C8H9BrO4/c9-5-3-1-2-4(7(10)11)6(5)8(12)13/h5H,1-3H2,(H,10,11)(H,12,13). The van der Waals surface area contributed by atoms with Crippen molar-refractivity contribution in [3.63, 3.8) is 0 Å². The van der Waals surface area contributed by atoms with Crippen molar-refractivity contribution in [3.8, 4) is 0 Å². The summed E-state index contributed by atoms with van der Waals surface area (Å²) in [6.07, 6.45) is 1.74. The summed E-state index contributed by atoms with van der Waals surface area (Å²) in [7, 11) is 0. The van der Waals surface area contributed by atoms with Crippen molar-refractivity contribution in [2.75, 3.05) is 0 Å². The van der Waals surface area contributed by atoms with Crippen molar-refractivity contribution in [2.24, 2.45) is 0 Å². The largest absolute Gasteiger partial charge is 0.478 e. The summed E-state index contributed by atoms with van der Waals surface area (Å²) in [6.45, 7) is 0. The zero-order valence-electron chi connectivity index (χ0n) is 6.79. The van der Waals surface area contributed by atoms with Crippen LogP contribution < -0.4 is 0 Å². The molecule has 0 spiro atoms. The Morgan fingerprint density at radius 2 is 1.92 bits per heavy atom. The van der Waals surface area contributed by atoms with E-state index in [0.717, 1.165) is 0 Å². The van der Waals surface area contributed by atoms with Gasteiger partial charge in [0.05, 0.1) is 5.57 Å². The monoisotopic (exact) mass is 248 g/mol. The van der Waals surface area contributed by atoms with Crippen LogP contribution in [-0.2, 0) is 9.59 Å². The molecule has 0 aromatic rings. The molecule has 0 saturated heterocycles. The molecule has 72 valence electrons. The molecule has 0 amide bonds. The smallest absolute Gasteiger partial charge is 0.333 e. The summed E-state index contributed by atoms with van der Waals surface area (Å²) >= 11 is 3.16. The first-order chi connectivity index (χ1) is 6.04. The molecule has 0 radical (unpaired) electrons. The topological polar surface area (TPSA) is 74.6 Å². The van der Waals surface area contributed by atoms with E-state index in [9.17, 15) is 9.59 Å². The number of aliphatic carboxylic acids is 2. The van der Waals surface area contributed by atoms with E-state index in [1.54, 1.807) is 0 Å². The van der Waals surface area contributed by atoms with E-state index in [1.165, 1.54) is 0 Å². The Morgan fingerprint density at radius 3 is 2.31 bits per heavy atom. The summed E-state index contributed by atoms with van der Waals surface area (Å²) in [5.41, 5.74) is 0.0272. The van der Waals surface area contributed by atoms with Gasteiger partial charge in [0.15, 0.2) is 0 Å². The SMILES string of the molecule is O=C(O)C1=C(C(=O)O)C(Br)CCC1. The van der Waals surface area contributed by atoms with Gasteiger partial charge >= 0.3 is 11.9 Å². The molecule has 1 aliphatic carbocycles. The van der Waals surface area contributed by atoms with E-state index in [2.05, 4.69) is 15.9 Å². The zero-order valence-corrected chi connectivity index (χ0v) is 8.37. The molecule has 0 saturated carbocycles. The highest BCUT2D eigenvalue weighted by atomic mass is 79.9. The van der Waals surface area contributed by atoms with E-state index in [-0.39, 0.29) is 16.0 Å². The van der Waals surface area contributed by atoms with Gasteiger partial charge in [-0.3, -0.25) is 0 Å². The van der Waals surface area contributed by atoms with Crippen LogP contribution in [0.1, 0.15) is 19.3 Å². The minimum Gasteiger partial charge on any atom is -0.478 e. The molecule has 13 heavy (non-hydrogen) atoms. The van der Waals surface area contributed by atoms with Crippen LogP contribution in [0.25, 0.3) is 0 Å². The molecule has 0 aromatic carbocycles. The molecule has 5 heteroatoms. The number of carboxylic acids is 2. The van der Waals surface area contributed by atoms with Crippen LogP contribution in [0.5, 0.6) is 0 Å². The molecule has 1 atom stereocenters. The first-order valence-electron chi connectivity index (χ1n) is 3.87. The Morgan fingerprint density at radius 1 is 1.31 bits per heavy atom. The van der Waals surface area contributed by atoms with Gasteiger partial charge in [-0.25, -0.2) is 9.59 Å². The molecule has 0 heterocycles. The van der Waals surface area contributed by atoms with Crippen LogP contribution in [-0.4, -0.2) is 27.0 Å². The lowest BCUT2D eigenvalue weighted by atomic mass is 9.92. The maximum Gasteiger partial charge on any atom is 0.333 e. The normalized spacial score (nSPS) is 23.0. The van der Waals surface area contributed by atoms with Gasteiger partial charge in [0.25, 0.3) is 0 Å². The lowest BCUT2D eigenvalue weighted by Crippen LogP contribution is -2.22. The Bertz CT molecular complexity index is 282. The predicted molar refractivity (Wildman–Crippen MR) is 48.9 cm³/mol. The highest BCUT2D eigenvalue weighted by Gasteiger charge is 2.29. The van der Waals surface area contributed by atoms with Crippen LogP contribution >= 0.6 is 15.9 Å². The average molecular weight is 249 g/mol. The molecule has 1 rings (SSSR count). The third-order valence-electron chi connectivity index (χ3n) is 2.01. The Kier molecular flexibility index (Phi) is 3.08. The van der Waals surface area contributed by atoms with Crippen molar-refractivity contribution < 1.29 is 19.8 Å². The van der Waals surface area contributed by atoms with Crippen molar-refractivity contribution >= 4 is 27.9 Å². The fraction of sp³-hybridized carbons (Fsp3) is 0.500. The molecular formula is C8H9BrO4. The van der Waals surface area contributed by atoms with E-state index >= 15 is 0 Å². The lowest BCUT2D eigenvalue weighted by Gasteiger charge is -2.19. The van der Waals surface area contributed by atoms with Gasteiger partial charge < -0.3 is 10.2 Å². The first-order valence-corrected chi connectivity index (χ1v) is 4.79. The molecule has 2 N–H and O–H groups in total. The minimum absolute atomic E-state index is 0.00116. The van der Waals surface area contributed by atoms with Crippen molar-refractivity contribution in [3.05, 3.63) is 11.1 Å². The van der Waals surface area contributed by atoms with Gasteiger partial charge in [0, 0.05) is 10.4 Å². The summed E-state index contributed by atoms with van der Waals surface area (Å²) in [5.74, 6) is -2.26. The van der Waals surface area contributed by atoms with Crippen molar-refractivity contribution in [1.82, 2.24) is 0 Å². The van der Waals surface area contributed by atoms with Gasteiger partial charge in [-0.05, 0) is 19.3 Å². The van der Waals surface area contributed by atoms with Gasteiger partial charge in [-0.2, -0.15) is 0 Å². The summed E-state index contributed by atoms with van der Waals surface area (Å²) in [6, 6.07) is 0. The number of alkyl halides is 1. The molecular weight excluding hydrogens is 240 g/mol. The van der Waals surface area contributed by atoms with Gasteiger partial charge in [-0.1, -0.05) is 15.9 Å². The van der Waals surface area contributed by atoms with Crippen LogP contribution in [0.15, 0.2) is 11.1 Å². The minimum atomic E-state index is -1.14. The molecule has 0 aromatic heterocycles. The number of carbonyl (C=O) groups is 2. The molecule has 1 aliphatic rings. The average Bonchev–Trinajstić information content (AvgIpc) is 2.02. The fourth-order valence-corrected chi connectivity index (χ4v) is 2.21. The Hall–Kier alpha value is -0.840. The molecule has 4 nitrogen and oxygen atoms in total. The van der Waals surface area contributed by atoms with E-state index < -0.39 is 11.9 Å². The van der Waals surface area contributed by atoms with Gasteiger partial charge in [0.1, 0.15) is 0 Å². The van der Waals surface area contributed by atoms with Crippen molar-refractivity contribution in [2.45, 2.75) is 24.1 Å². The summed E-state index contributed by atoms with van der Waals surface area (Å²) < 4.78 is 0. The maximum absolute atomic E-state index is 10.7. The van der Waals surface area contributed by atoms with E-state index in [4.69, 9.17) is 10.2 Å². The van der Waals surface area contributed by atoms with E-state index in [0.29, 0.717) is 19.3 Å². The highest BCUT2D eigenvalue weighted by Crippen LogP contribution is 2.30. The second-order valence-corrected chi connectivity index (χ2v) is 3.97. The van der Waals surface area contributed by atoms with Crippen LogP contribution in [0.4, 0.5) is 0 Å². The molecule has 0 bridgehead atoms. The fourth-order valence-electron chi connectivity index (χ4n) is 1.41. The number of rotatable bonds is 2. The Balaban J connectivity index is 3.11. The second-order valence-electron chi connectivity index (χ2n) is 2.86. The third kappa shape index (κ3) is 2.09. The third-order valence-corrected chi connectivity index (χ3v) is 2.93. The summed E-state index contributed by atoms with van der Waals surface area (Å²) in [5, 5.41) is 17.5. The van der Waals surface area contributed by atoms with Crippen LogP contribution in [0.3, 0.4) is 0 Å². The van der Waals surface area contributed by atoms with Crippen molar-refractivity contribution in [1.29, 1.82) is 0 Å². The quantitative estimate of drug-likeness (QED) is 0.725. The summed E-state index contributed by atoms with van der Waals surface area (Å²) in [4.78, 5) is 21.1.